The summed E-state index contributed by atoms with van der Waals surface area (Å²) in [6.07, 6.45) is 7.55. The fourth-order valence-electron chi connectivity index (χ4n) is 4.61. The van der Waals surface area contributed by atoms with Crippen LogP contribution in [0.25, 0.3) is 0 Å². The van der Waals surface area contributed by atoms with E-state index in [-0.39, 0.29) is 12.0 Å². The van der Waals surface area contributed by atoms with Gasteiger partial charge in [0.15, 0.2) is 0 Å². The Morgan fingerprint density at radius 1 is 1.28 bits per heavy atom. The Bertz CT molecular complexity index is 687. The van der Waals surface area contributed by atoms with Gasteiger partial charge in [0.1, 0.15) is 11.9 Å². The third kappa shape index (κ3) is 6.34. The molecule has 2 aliphatic rings. The first-order valence-electron chi connectivity index (χ1n) is 10.9. The zero-order chi connectivity index (χ0) is 20.9. The third-order valence-electron chi connectivity index (χ3n) is 6.25. The maximum Gasteiger partial charge on any atom is 0.251 e. The lowest BCUT2D eigenvalue weighted by Gasteiger charge is -2.44. The largest absolute Gasteiger partial charge is 0.489 e. The Morgan fingerprint density at radius 3 is 2.69 bits per heavy atom. The van der Waals surface area contributed by atoms with E-state index in [0.29, 0.717) is 34.9 Å². The zero-order valence-electron chi connectivity index (χ0n) is 18.0. The van der Waals surface area contributed by atoms with Crippen molar-refractivity contribution in [1.82, 2.24) is 10.2 Å². The van der Waals surface area contributed by atoms with Gasteiger partial charge < -0.3 is 19.7 Å². The van der Waals surface area contributed by atoms with E-state index < -0.39 is 0 Å². The van der Waals surface area contributed by atoms with Crippen LogP contribution in [0.15, 0.2) is 18.2 Å². The minimum absolute atomic E-state index is 0.154. The molecule has 1 saturated carbocycles. The molecule has 1 N–H and O–H groups in total. The van der Waals surface area contributed by atoms with Crippen LogP contribution in [-0.4, -0.2) is 56.3 Å². The number of likely N-dealkylation sites (tertiary alicyclic amines) is 1. The SMILES string of the molecule is COCCNC(=O)c1ccc(OC2CCN([C@H]3CCCC(C)(C)C3)CC2)c(Cl)c1. The monoisotopic (exact) mass is 422 g/mol. The summed E-state index contributed by atoms with van der Waals surface area (Å²) in [6, 6.07) is 5.98. The Morgan fingerprint density at radius 2 is 2.03 bits per heavy atom. The first kappa shape index (κ1) is 22.4. The number of piperidine rings is 1. The van der Waals surface area contributed by atoms with Crippen LogP contribution >= 0.6 is 11.6 Å². The summed E-state index contributed by atoms with van der Waals surface area (Å²) in [5, 5.41) is 3.29. The molecule has 29 heavy (non-hydrogen) atoms. The summed E-state index contributed by atoms with van der Waals surface area (Å²) in [5.41, 5.74) is 1.01. The zero-order valence-corrected chi connectivity index (χ0v) is 18.8. The summed E-state index contributed by atoms with van der Waals surface area (Å²) in [6.45, 7) is 7.93. The van der Waals surface area contributed by atoms with Crippen molar-refractivity contribution in [2.45, 2.75) is 64.5 Å². The molecule has 0 radical (unpaired) electrons. The van der Waals surface area contributed by atoms with E-state index in [1.54, 1.807) is 19.2 Å². The predicted octanol–water partition coefficient (Wildman–Crippen LogP) is 4.53. The fraction of sp³-hybridized carbons (Fsp3) is 0.696. The Hall–Kier alpha value is -1.30. The number of hydrogen-bond donors (Lipinski definition) is 1. The number of amides is 1. The number of rotatable bonds is 7. The highest BCUT2D eigenvalue weighted by Gasteiger charge is 2.33. The summed E-state index contributed by atoms with van der Waals surface area (Å²) in [4.78, 5) is 14.8. The van der Waals surface area contributed by atoms with Crippen LogP contribution in [0.5, 0.6) is 5.75 Å². The molecule has 1 atom stereocenters. The summed E-state index contributed by atoms with van der Waals surface area (Å²) >= 11 is 6.40. The molecule has 2 fully saturated rings. The molecule has 1 aromatic carbocycles. The molecule has 1 heterocycles. The van der Waals surface area contributed by atoms with Gasteiger partial charge in [-0.1, -0.05) is 31.9 Å². The summed E-state index contributed by atoms with van der Waals surface area (Å²) in [7, 11) is 1.61. The highest BCUT2D eigenvalue weighted by atomic mass is 35.5. The number of halogens is 1. The Kier molecular flexibility index (Phi) is 7.83. The van der Waals surface area contributed by atoms with Crippen molar-refractivity contribution in [3.63, 3.8) is 0 Å². The second-order valence-electron chi connectivity index (χ2n) is 9.16. The summed E-state index contributed by atoms with van der Waals surface area (Å²) in [5.74, 6) is 0.511. The minimum Gasteiger partial charge on any atom is -0.489 e. The Labute approximate surface area is 180 Å². The lowest BCUT2D eigenvalue weighted by molar-refractivity contribution is 0.0399. The number of benzene rings is 1. The van der Waals surface area contributed by atoms with E-state index in [1.807, 2.05) is 6.07 Å². The smallest absolute Gasteiger partial charge is 0.251 e. The van der Waals surface area contributed by atoms with E-state index in [0.717, 1.165) is 32.0 Å². The first-order valence-corrected chi connectivity index (χ1v) is 11.2. The lowest BCUT2D eigenvalue weighted by Crippen LogP contribution is -2.47. The van der Waals surface area contributed by atoms with Crippen molar-refractivity contribution < 1.29 is 14.3 Å². The third-order valence-corrected chi connectivity index (χ3v) is 6.55. The van der Waals surface area contributed by atoms with Gasteiger partial charge in [-0.3, -0.25) is 4.79 Å². The van der Waals surface area contributed by atoms with Gasteiger partial charge in [-0.05, 0) is 55.7 Å². The second-order valence-corrected chi connectivity index (χ2v) is 9.57. The molecular formula is C23H35ClN2O3. The van der Waals surface area contributed by atoms with E-state index in [2.05, 4.69) is 24.1 Å². The predicted molar refractivity (Wildman–Crippen MR) is 117 cm³/mol. The molecule has 1 aromatic rings. The summed E-state index contributed by atoms with van der Waals surface area (Å²) < 4.78 is 11.1. The minimum atomic E-state index is -0.154. The fourth-order valence-corrected chi connectivity index (χ4v) is 4.84. The van der Waals surface area contributed by atoms with Crippen LogP contribution in [0, 0.1) is 5.41 Å². The number of methoxy groups -OCH3 is 1. The quantitative estimate of drug-likeness (QED) is 0.656. The van der Waals surface area contributed by atoms with Crippen LogP contribution in [0.3, 0.4) is 0 Å². The van der Waals surface area contributed by atoms with Crippen molar-refractivity contribution in [2.24, 2.45) is 5.41 Å². The van der Waals surface area contributed by atoms with Crippen LogP contribution in [-0.2, 0) is 4.74 Å². The number of carbonyl (C=O) groups is 1. The first-order chi connectivity index (χ1) is 13.9. The van der Waals surface area contributed by atoms with Gasteiger partial charge in [-0.2, -0.15) is 0 Å². The average Bonchev–Trinajstić information content (AvgIpc) is 2.69. The molecular weight excluding hydrogens is 388 g/mol. The van der Waals surface area contributed by atoms with Gasteiger partial charge >= 0.3 is 0 Å². The molecule has 0 spiro atoms. The van der Waals surface area contributed by atoms with Crippen molar-refractivity contribution in [3.8, 4) is 5.75 Å². The Balaban J connectivity index is 1.49. The number of ether oxygens (including phenoxy) is 2. The van der Waals surface area contributed by atoms with Gasteiger partial charge in [0, 0.05) is 38.3 Å². The van der Waals surface area contributed by atoms with Gasteiger partial charge in [0.2, 0.25) is 0 Å². The molecule has 1 saturated heterocycles. The van der Waals surface area contributed by atoms with Crippen molar-refractivity contribution >= 4 is 17.5 Å². The van der Waals surface area contributed by atoms with E-state index in [9.17, 15) is 4.79 Å². The highest BCUT2D eigenvalue weighted by molar-refractivity contribution is 6.32. The average molecular weight is 423 g/mol. The second kappa shape index (κ2) is 10.1. The molecule has 0 bridgehead atoms. The number of hydrogen-bond acceptors (Lipinski definition) is 4. The topological polar surface area (TPSA) is 50.8 Å². The van der Waals surface area contributed by atoms with Gasteiger partial charge in [0.25, 0.3) is 5.91 Å². The lowest BCUT2D eigenvalue weighted by atomic mass is 9.74. The van der Waals surface area contributed by atoms with Gasteiger partial charge in [0.05, 0.1) is 11.6 Å². The van der Waals surface area contributed by atoms with Crippen LogP contribution in [0.4, 0.5) is 0 Å². The standard InChI is InChI=1S/C23H35ClN2O3/c1-23(2)10-4-5-18(16-23)26-12-8-19(9-13-26)29-21-7-6-17(15-20(21)24)22(27)25-11-14-28-3/h6-7,15,18-19H,4-5,8-14,16H2,1-3H3,(H,25,27)/t18-/m0/s1. The van der Waals surface area contributed by atoms with E-state index in [1.165, 1.54) is 25.7 Å². The number of nitrogens with one attached hydrogen (secondary N) is 1. The van der Waals surface area contributed by atoms with Crippen molar-refractivity contribution in [1.29, 1.82) is 0 Å². The van der Waals surface area contributed by atoms with E-state index in [4.69, 9.17) is 21.1 Å². The molecule has 0 aromatic heterocycles. The molecule has 5 nitrogen and oxygen atoms in total. The number of nitrogens with zero attached hydrogens (tertiary/aromatic N) is 1. The molecule has 0 unspecified atom stereocenters. The van der Waals surface area contributed by atoms with Crippen LogP contribution in [0.2, 0.25) is 5.02 Å². The van der Waals surface area contributed by atoms with E-state index >= 15 is 0 Å². The molecule has 1 amide bonds. The molecule has 1 aliphatic heterocycles. The normalized spacial score (nSPS) is 23.0. The number of carbonyl (C=O) groups excluding carboxylic acids is 1. The maximum absolute atomic E-state index is 12.1. The van der Waals surface area contributed by atoms with Gasteiger partial charge in [-0.15, -0.1) is 0 Å². The molecule has 162 valence electrons. The maximum atomic E-state index is 12.1. The molecule has 1 aliphatic carbocycles. The van der Waals surface area contributed by atoms with Crippen molar-refractivity contribution in [3.05, 3.63) is 28.8 Å². The molecule has 3 rings (SSSR count). The van der Waals surface area contributed by atoms with Gasteiger partial charge in [-0.25, -0.2) is 0 Å². The van der Waals surface area contributed by atoms with Crippen LogP contribution < -0.4 is 10.1 Å². The van der Waals surface area contributed by atoms with Crippen LogP contribution in [0.1, 0.15) is 62.7 Å². The van der Waals surface area contributed by atoms with Crippen molar-refractivity contribution in [2.75, 3.05) is 33.4 Å². The highest BCUT2D eigenvalue weighted by Crippen LogP contribution is 2.38. The molecule has 6 heteroatoms.